The van der Waals surface area contributed by atoms with Gasteiger partial charge in [-0.25, -0.2) is 0 Å². The molecule has 0 unspecified atom stereocenters. The van der Waals surface area contributed by atoms with Gasteiger partial charge in [-0.15, -0.1) is 11.3 Å². The average Bonchev–Trinajstić information content (AvgIpc) is 2.79. The lowest BCUT2D eigenvalue weighted by molar-refractivity contribution is 0.544. The molecule has 1 rings (SSSR count). The molecule has 1 heteroatoms. The number of hydrogen-bond acceptors (Lipinski definition) is 1. The number of thiophene rings is 1. The normalized spacial score (nSPS) is 13.0. The summed E-state index contributed by atoms with van der Waals surface area (Å²) in [6.07, 6.45) is 10.2. The summed E-state index contributed by atoms with van der Waals surface area (Å²) < 4.78 is 0. The van der Waals surface area contributed by atoms with E-state index in [1.165, 1.54) is 42.6 Å². The molecule has 0 aliphatic heterocycles. The minimum Gasteiger partial charge on any atom is -0.141 e. The summed E-state index contributed by atoms with van der Waals surface area (Å²) in [6.45, 7) is 11.4. The van der Waals surface area contributed by atoms with Crippen molar-refractivity contribution in [2.24, 2.45) is 5.41 Å². The van der Waals surface area contributed by atoms with Crippen molar-refractivity contribution < 1.29 is 0 Å². The van der Waals surface area contributed by atoms with Gasteiger partial charge in [0.25, 0.3) is 0 Å². The van der Waals surface area contributed by atoms with Crippen molar-refractivity contribution in [2.75, 3.05) is 0 Å². The fraction of sp³-hybridized carbons (Fsp3) is 0.667. The predicted molar refractivity (Wildman–Crippen MR) is 89.9 cm³/mol. The van der Waals surface area contributed by atoms with Crippen molar-refractivity contribution in [3.63, 3.8) is 0 Å². The maximum absolute atomic E-state index is 2.43. The van der Waals surface area contributed by atoms with E-state index in [4.69, 9.17) is 0 Å². The van der Waals surface area contributed by atoms with Crippen LogP contribution in [0.2, 0.25) is 0 Å². The summed E-state index contributed by atoms with van der Waals surface area (Å²) in [5.74, 6) is 0. The number of hydrogen-bond donors (Lipinski definition) is 0. The highest BCUT2D eigenvalue weighted by Crippen LogP contribution is 2.31. The van der Waals surface area contributed by atoms with Crippen LogP contribution in [0.5, 0.6) is 0 Å². The highest BCUT2D eigenvalue weighted by atomic mass is 32.1. The van der Waals surface area contributed by atoms with E-state index < -0.39 is 0 Å². The van der Waals surface area contributed by atoms with Crippen molar-refractivity contribution in [3.8, 4) is 0 Å². The second kappa shape index (κ2) is 7.89. The first-order valence-corrected chi connectivity index (χ1v) is 8.58. The Hall–Kier alpha value is -0.560. The first-order chi connectivity index (χ1) is 8.96. The quantitative estimate of drug-likeness (QED) is 0.486. The Morgan fingerprint density at radius 1 is 1.11 bits per heavy atom. The van der Waals surface area contributed by atoms with Crippen LogP contribution in [-0.2, 0) is 6.42 Å². The molecule has 0 nitrogen and oxygen atoms in total. The molecule has 0 bridgehead atoms. The van der Waals surface area contributed by atoms with Crippen LogP contribution in [0.1, 0.15) is 76.5 Å². The molecule has 1 heterocycles. The predicted octanol–water partition coefficient (Wildman–Crippen LogP) is 6.71. The standard InChI is InChI=1S/C18H30S/c1-6-8-9-10-11-16-12-13-17(19-16)15(7-2)14-18(3,4)5/h12-14H,6-11H2,1-5H3/b15-14+. The minimum atomic E-state index is 0.274. The summed E-state index contributed by atoms with van der Waals surface area (Å²) in [4.78, 5) is 3.03. The second-order valence-electron chi connectivity index (χ2n) is 6.47. The Morgan fingerprint density at radius 3 is 2.42 bits per heavy atom. The zero-order valence-electron chi connectivity index (χ0n) is 13.4. The molecular formula is C18H30S. The maximum atomic E-state index is 2.43. The first kappa shape index (κ1) is 16.5. The Labute approximate surface area is 123 Å². The van der Waals surface area contributed by atoms with Crippen LogP contribution in [0.3, 0.4) is 0 Å². The molecule has 0 N–H and O–H groups in total. The molecule has 0 aromatic carbocycles. The fourth-order valence-corrected chi connectivity index (χ4v) is 3.42. The van der Waals surface area contributed by atoms with Crippen LogP contribution in [-0.4, -0.2) is 0 Å². The van der Waals surface area contributed by atoms with Gasteiger partial charge in [-0.2, -0.15) is 0 Å². The highest BCUT2D eigenvalue weighted by molar-refractivity contribution is 7.13. The van der Waals surface area contributed by atoms with E-state index in [0.717, 1.165) is 6.42 Å². The molecule has 19 heavy (non-hydrogen) atoms. The monoisotopic (exact) mass is 278 g/mol. The third kappa shape index (κ3) is 6.42. The van der Waals surface area contributed by atoms with Crippen molar-refractivity contribution in [2.45, 2.75) is 73.1 Å². The smallest absolute Gasteiger partial charge is 0.0302 e. The Morgan fingerprint density at radius 2 is 1.84 bits per heavy atom. The largest absolute Gasteiger partial charge is 0.141 e. The second-order valence-corrected chi connectivity index (χ2v) is 7.63. The molecule has 0 aliphatic rings. The molecule has 1 aromatic rings. The Kier molecular flexibility index (Phi) is 6.85. The van der Waals surface area contributed by atoms with Crippen molar-refractivity contribution in [1.29, 1.82) is 0 Å². The summed E-state index contributed by atoms with van der Waals surface area (Å²) in [5.41, 5.74) is 1.79. The zero-order valence-corrected chi connectivity index (χ0v) is 14.2. The first-order valence-electron chi connectivity index (χ1n) is 7.77. The topological polar surface area (TPSA) is 0 Å². The zero-order chi connectivity index (χ0) is 14.3. The van der Waals surface area contributed by atoms with Gasteiger partial charge in [0.15, 0.2) is 0 Å². The Balaban J connectivity index is 2.64. The van der Waals surface area contributed by atoms with Gasteiger partial charge in [0, 0.05) is 9.75 Å². The van der Waals surface area contributed by atoms with Crippen molar-refractivity contribution in [1.82, 2.24) is 0 Å². The van der Waals surface area contributed by atoms with Crippen LogP contribution < -0.4 is 0 Å². The lowest BCUT2D eigenvalue weighted by Gasteiger charge is -2.15. The van der Waals surface area contributed by atoms with Gasteiger partial charge >= 0.3 is 0 Å². The molecule has 0 radical (unpaired) electrons. The molecule has 0 aliphatic carbocycles. The van der Waals surface area contributed by atoms with Crippen molar-refractivity contribution in [3.05, 3.63) is 28.0 Å². The summed E-state index contributed by atoms with van der Waals surface area (Å²) in [5, 5.41) is 0. The number of unbranched alkanes of at least 4 members (excludes halogenated alkanes) is 3. The van der Waals surface area contributed by atoms with E-state index >= 15 is 0 Å². The molecule has 0 amide bonds. The summed E-state index contributed by atoms with van der Waals surface area (Å²) in [7, 11) is 0. The minimum absolute atomic E-state index is 0.274. The highest BCUT2D eigenvalue weighted by Gasteiger charge is 2.10. The van der Waals surface area contributed by atoms with Gasteiger partial charge < -0.3 is 0 Å². The van der Waals surface area contributed by atoms with Crippen LogP contribution in [0.25, 0.3) is 5.57 Å². The summed E-state index contributed by atoms with van der Waals surface area (Å²) in [6, 6.07) is 4.65. The number of rotatable bonds is 7. The maximum Gasteiger partial charge on any atom is 0.0302 e. The van der Waals surface area contributed by atoms with Gasteiger partial charge in [-0.3, -0.25) is 0 Å². The third-order valence-electron chi connectivity index (χ3n) is 3.24. The fourth-order valence-electron chi connectivity index (χ4n) is 2.28. The van der Waals surface area contributed by atoms with E-state index in [1.54, 1.807) is 4.88 Å². The van der Waals surface area contributed by atoms with Gasteiger partial charge in [0.05, 0.1) is 0 Å². The lowest BCUT2D eigenvalue weighted by atomic mass is 9.92. The molecule has 108 valence electrons. The average molecular weight is 279 g/mol. The summed E-state index contributed by atoms with van der Waals surface area (Å²) >= 11 is 2.00. The van der Waals surface area contributed by atoms with E-state index in [2.05, 4.69) is 52.8 Å². The molecule has 1 aromatic heterocycles. The van der Waals surface area contributed by atoms with E-state index in [0.29, 0.717) is 0 Å². The molecule has 0 fully saturated rings. The van der Waals surface area contributed by atoms with E-state index in [1.807, 2.05) is 11.3 Å². The molecule has 0 spiro atoms. The van der Waals surface area contributed by atoms with Gasteiger partial charge in [0.1, 0.15) is 0 Å². The Bertz CT molecular complexity index is 390. The van der Waals surface area contributed by atoms with Gasteiger partial charge in [-0.05, 0) is 42.4 Å². The molecule has 0 atom stereocenters. The molecule has 0 saturated carbocycles. The SMILES string of the molecule is CCCCCCc1ccc(/C(=C/C(C)(C)C)CC)s1. The van der Waals surface area contributed by atoms with Crippen molar-refractivity contribution >= 4 is 16.9 Å². The van der Waals surface area contributed by atoms with Crippen LogP contribution in [0, 0.1) is 5.41 Å². The third-order valence-corrected chi connectivity index (χ3v) is 4.46. The van der Waals surface area contributed by atoms with E-state index in [9.17, 15) is 0 Å². The van der Waals surface area contributed by atoms with E-state index in [-0.39, 0.29) is 5.41 Å². The number of aryl methyl sites for hydroxylation is 1. The van der Waals surface area contributed by atoms with Crippen LogP contribution >= 0.6 is 11.3 Å². The lowest BCUT2D eigenvalue weighted by Crippen LogP contribution is -2.00. The molecular weight excluding hydrogens is 248 g/mol. The van der Waals surface area contributed by atoms with Gasteiger partial charge in [0.2, 0.25) is 0 Å². The van der Waals surface area contributed by atoms with Crippen LogP contribution in [0.15, 0.2) is 18.2 Å². The molecule has 0 saturated heterocycles. The van der Waals surface area contributed by atoms with Crippen LogP contribution in [0.4, 0.5) is 0 Å². The number of allylic oxidation sites excluding steroid dienone is 2. The van der Waals surface area contributed by atoms with Gasteiger partial charge in [-0.1, -0.05) is 60.0 Å².